The molecular weight excluding hydrogens is 539 g/mol. The van der Waals surface area contributed by atoms with Crippen molar-refractivity contribution >= 4 is 31.4 Å². The number of halogens is 1. The Hall–Kier alpha value is -1.38. The first-order valence-electron chi connectivity index (χ1n) is 12.1. The van der Waals surface area contributed by atoms with Crippen LogP contribution in [0.1, 0.15) is 63.7 Å². The predicted octanol–water partition coefficient (Wildman–Crippen LogP) is 7.35. The van der Waals surface area contributed by atoms with Gasteiger partial charge in [0.1, 0.15) is 0 Å². The Balaban J connectivity index is 1.63. The first kappa shape index (κ1) is 24.7. The quantitative estimate of drug-likeness (QED) is 0.208. The van der Waals surface area contributed by atoms with Gasteiger partial charge in [-0.3, -0.25) is 0 Å². The normalized spacial score (nSPS) is 19.3. The van der Waals surface area contributed by atoms with Gasteiger partial charge in [-0.2, -0.15) is 0 Å². The van der Waals surface area contributed by atoms with Gasteiger partial charge in [0.2, 0.25) is 0 Å². The van der Waals surface area contributed by atoms with Crippen molar-refractivity contribution in [2.45, 2.75) is 70.9 Å². The van der Waals surface area contributed by atoms with E-state index in [1.54, 1.807) is 17.9 Å². The predicted molar refractivity (Wildman–Crippen MR) is 150 cm³/mol. The Morgan fingerprint density at radius 3 is 2.36 bits per heavy atom. The molecule has 0 radical (unpaired) electrons. The summed E-state index contributed by atoms with van der Waals surface area (Å²) in [5.41, 5.74) is 4.53. The second-order valence-electron chi connectivity index (χ2n) is 9.46. The molecule has 6 heteroatoms. The summed E-state index contributed by atoms with van der Waals surface area (Å²) in [6.45, 7) is 8.19. The number of rotatable bonds is 8. The van der Waals surface area contributed by atoms with Crippen LogP contribution >= 0.6 is 31.4 Å². The number of hydrogen-bond acceptors (Lipinski definition) is 5. The molecule has 1 fully saturated rings. The van der Waals surface area contributed by atoms with E-state index in [9.17, 15) is 0 Å². The summed E-state index contributed by atoms with van der Waals surface area (Å²) < 4.78 is 6.52. The molecule has 0 aliphatic heterocycles. The molecule has 1 aromatic carbocycles. The van der Waals surface area contributed by atoms with E-state index in [2.05, 4.69) is 69.8 Å². The van der Waals surface area contributed by atoms with Crippen LogP contribution in [0.3, 0.4) is 0 Å². The van der Waals surface area contributed by atoms with Crippen LogP contribution in [-0.2, 0) is 0 Å². The molecule has 33 heavy (non-hydrogen) atoms. The Kier molecular flexibility index (Phi) is 8.52. The molecule has 0 saturated heterocycles. The van der Waals surface area contributed by atoms with Gasteiger partial charge < -0.3 is 0 Å². The standard InChI is InChI=1S/C27H37IN4S/c1-6-17-32(19(2)3)23-13-9-21(10-14-23)27-25(24-15-16-29-18-30-24)26(31-33-27)20-7-11-22(12-8-20)28(4)5/h7-8,11-12,15-16,18-19,21,23H,6,9-10,13-14,17H2,1-5H3. The Bertz CT molecular complexity index is 1010. The number of aromatic nitrogens is 3. The minimum absolute atomic E-state index is 0.566. The van der Waals surface area contributed by atoms with Gasteiger partial charge in [-0.15, -0.1) is 0 Å². The molecule has 0 amide bonds. The van der Waals surface area contributed by atoms with Crippen molar-refractivity contribution in [3.05, 3.63) is 51.3 Å². The van der Waals surface area contributed by atoms with Crippen LogP contribution in [0.5, 0.6) is 0 Å². The molecule has 0 unspecified atom stereocenters. The van der Waals surface area contributed by atoms with Crippen LogP contribution in [0.25, 0.3) is 22.5 Å². The molecule has 178 valence electrons. The Morgan fingerprint density at radius 1 is 1.06 bits per heavy atom. The minimum atomic E-state index is -0.973. The van der Waals surface area contributed by atoms with Gasteiger partial charge >= 0.3 is 172 Å². The van der Waals surface area contributed by atoms with E-state index in [1.807, 2.05) is 12.3 Å². The second kappa shape index (κ2) is 11.4. The summed E-state index contributed by atoms with van der Waals surface area (Å²) in [7, 11) is 0. The number of benzene rings is 1. The summed E-state index contributed by atoms with van der Waals surface area (Å²) >= 11 is 0.722. The van der Waals surface area contributed by atoms with Gasteiger partial charge in [0.25, 0.3) is 0 Å². The van der Waals surface area contributed by atoms with Crippen LogP contribution in [-0.4, -0.2) is 47.7 Å². The van der Waals surface area contributed by atoms with Crippen molar-refractivity contribution < 1.29 is 0 Å². The van der Waals surface area contributed by atoms with Crippen molar-refractivity contribution in [2.75, 3.05) is 16.4 Å². The zero-order chi connectivity index (χ0) is 23.4. The first-order chi connectivity index (χ1) is 16.0. The van der Waals surface area contributed by atoms with Gasteiger partial charge in [0.05, 0.1) is 0 Å². The van der Waals surface area contributed by atoms with Crippen LogP contribution < -0.4 is 0 Å². The molecule has 1 aliphatic carbocycles. The van der Waals surface area contributed by atoms with Crippen LogP contribution in [0.4, 0.5) is 0 Å². The Labute approximate surface area is 210 Å². The third-order valence-electron chi connectivity index (χ3n) is 6.79. The van der Waals surface area contributed by atoms with Crippen LogP contribution in [0, 0.1) is 3.57 Å². The van der Waals surface area contributed by atoms with Crippen LogP contribution in [0.15, 0.2) is 42.9 Å². The molecule has 1 aliphatic rings. The molecule has 0 N–H and O–H groups in total. The average Bonchev–Trinajstić information content (AvgIpc) is 3.28. The summed E-state index contributed by atoms with van der Waals surface area (Å²) in [4.78, 5) is 17.7. The van der Waals surface area contributed by atoms with E-state index in [1.165, 1.54) is 58.2 Å². The van der Waals surface area contributed by atoms with Gasteiger partial charge in [-0.05, 0) is 26.8 Å². The number of nitrogens with zero attached hydrogens (tertiary/aromatic N) is 4. The fourth-order valence-electron chi connectivity index (χ4n) is 5.11. The van der Waals surface area contributed by atoms with Gasteiger partial charge in [0.15, 0.2) is 0 Å². The summed E-state index contributed by atoms with van der Waals surface area (Å²) in [5, 5.41) is 0. The molecule has 2 aromatic heterocycles. The van der Waals surface area contributed by atoms with E-state index in [-0.39, 0.29) is 0 Å². The number of alkyl halides is 2. The van der Waals surface area contributed by atoms with Crippen molar-refractivity contribution in [3.8, 4) is 22.5 Å². The topological polar surface area (TPSA) is 41.9 Å². The van der Waals surface area contributed by atoms with Gasteiger partial charge in [-0.25, -0.2) is 0 Å². The zero-order valence-electron chi connectivity index (χ0n) is 20.6. The van der Waals surface area contributed by atoms with Crippen molar-refractivity contribution in [1.82, 2.24) is 19.2 Å². The fourth-order valence-corrected chi connectivity index (χ4v) is 7.98. The molecule has 4 rings (SSSR count). The van der Waals surface area contributed by atoms with Crippen LogP contribution in [0.2, 0.25) is 0 Å². The molecule has 0 spiro atoms. The first-order valence-corrected chi connectivity index (χ1v) is 18.3. The molecule has 2 heterocycles. The van der Waals surface area contributed by atoms with Crippen molar-refractivity contribution in [3.63, 3.8) is 0 Å². The summed E-state index contributed by atoms with van der Waals surface area (Å²) in [6, 6.07) is 12.5. The van der Waals surface area contributed by atoms with E-state index in [0.29, 0.717) is 18.0 Å². The van der Waals surface area contributed by atoms with Crippen molar-refractivity contribution in [1.29, 1.82) is 0 Å². The molecule has 3 aromatic rings. The zero-order valence-corrected chi connectivity index (χ0v) is 23.6. The second-order valence-corrected chi connectivity index (χ2v) is 15.8. The monoisotopic (exact) mass is 576 g/mol. The van der Waals surface area contributed by atoms with Gasteiger partial charge in [0, 0.05) is 6.04 Å². The molecule has 1 saturated carbocycles. The van der Waals surface area contributed by atoms with E-state index < -0.39 is 19.8 Å². The maximum atomic E-state index is 5.01. The maximum absolute atomic E-state index is 5.01. The van der Waals surface area contributed by atoms with E-state index in [0.717, 1.165) is 11.4 Å². The van der Waals surface area contributed by atoms with E-state index >= 15 is 0 Å². The third kappa shape index (κ3) is 5.65. The molecule has 0 bridgehead atoms. The summed E-state index contributed by atoms with van der Waals surface area (Å²) in [6.07, 6.45) is 9.75. The number of hydrogen-bond donors (Lipinski definition) is 0. The van der Waals surface area contributed by atoms with Gasteiger partial charge in [-0.1, -0.05) is 6.92 Å². The van der Waals surface area contributed by atoms with E-state index in [4.69, 9.17) is 4.37 Å². The SMILES string of the molecule is CCCN(C(C)C)C1CCC(c2snc(-c3ccc(I(C)C)cc3)c2-c2ccncn2)CC1. The molecule has 0 atom stereocenters. The average molecular weight is 577 g/mol. The third-order valence-corrected chi connectivity index (χ3v) is 11.0. The molecule has 4 nitrogen and oxygen atoms in total. The fraction of sp³-hybridized carbons (Fsp3) is 0.519. The Morgan fingerprint density at radius 2 is 1.79 bits per heavy atom. The molecular formula is C27H37IN4S. The summed E-state index contributed by atoms with van der Waals surface area (Å²) in [5.74, 6) is 0.566. The van der Waals surface area contributed by atoms with Crippen molar-refractivity contribution in [2.24, 2.45) is 0 Å².